The molecule has 0 unspecified atom stereocenters. The fraction of sp³-hybridized carbons (Fsp3) is 0.192. The standard InChI is InChI=1S/C26H23FN2S/c1-17(29-15-19-8-3-4-9-20(19)16-29)22-14-18-10-7-12-23(27)25(18)28-26(22)21-11-5-6-13-24(21)30-2/h3-14,17H,15-16H2,1-2H3/t17-/m0/s1. The molecule has 4 aromatic rings. The smallest absolute Gasteiger partial charge is 0.149 e. The minimum Gasteiger partial charge on any atom is -0.288 e. The normalized spacial score (nSPS) is 14.8. The molecule has 1 atom stereocenters. The number of para-hydroxylation sites is 1. The predicted molar refractivity (Wildman–Crippen MR) is 123 cm³/mol. The summed E-state index contributed by atoms with van der Waals surface area (Å²) in [6, 6.07) is 24.4. The number of hydrogen-bond acceptors (Lipinski definition) is 3. The molecule has 0 amide bonds. The van der Waals surface area contributed by atoms with Crippen LogP contribution in [-0.2, 0) is 13.1 Å². The molecule has 5 rings (SSSR count). The maximum atomic E-state index is 14.6. The summed E-state index contributed by atoms with van der Waals surface area (Å²) in [5.74, 6) is -0.275. The molecule has 0 aliphatic carbocycles. The van der Waals surface area contributed by atoms with Gasteiger partial charge in [-0.3, -0.25) is 4.90 Å². The van der Waals surface area contributed by atoms with Crippen LogP contribution < -0.4 is 0 Å². The average Bonchev–Trinajstić information content (AvgIpc) is 3.22. The Kier molecular flexibility index (Phi) is 5.05. The number of rotatable bonds is 4. The van der Waals surface area contributed by atoms with Crippen LogP contribution in [0.5, 0.6) is 0 Å². The summed E-state index contributed by atoms with van der Waals surface area (Å²) >= 11 is 1.69. The Bertz CT molecular complexity index is 1210. The molecule has 3 aromatic carbocycles. The van der Waals surface area contributed by atoms with Crippen LogP contribution in [0, 0.1) is 5.82 Å². The highest BCUT2D eigenvalue weighted by atomic mass is 32.2. The average molecular weight is 415 g/mol. The van der Waals surface area contributed by atoms with Gasteiger partial charge in [-0.2, -0.15) is 0 Å². The zero-order chi connectivity index (χ0) is 20.7. The van der Waals surface area contributed by atoms with Crippen molar-refractivity contribution in [3.8, 4) is 11.3 Å². The highest BCUT2D eigenvalue weighted by Crippen LogP contribution is 2.39. The minimum atomic E-state index is -0.275. The molecule has 30 heavy (non-hydrogen) atoms. The monoisotopic (exact) mass is 414 g/mol. The van der Waals surface area contributed by atoms with E-state index in [-0.39, 0.29) is 11.9 Å². The van der Waals surface area contributed by atoms with Gasteiger partial charge in [0.2, 0.25) is 0 Å². The Morgan fingerprint density at radius 2 is 1.63 bits per heavy atom. The number of hydrogen-bond donors (Lipinski definition) is 0. The second kappa shape index (κ2) is 7.86. The quantitative estimate of drug-likeness (QED) is 0.340. The Hall–Kier alpha value is -2.69. The van der Waals surface area contributed by atoms with Gasteiger partial charge in [0.15, 0.2) is 0 Å². The predicted octanol–water partition coefficient (Wildman–Crippen LogP) is 6.84. The van der Waals surface area contributed by atoms with Crippen LogP contribution in [-0.4, -0.2) is 16.1 Å². The highest BCUT2D eigenvalue weighted by Gasteiger charge is 2.27. The van der Waals surface area contributed by atoms with E-state index in [0.29, 0.717) is 5.52 Å². The van der Waals surface area contributed by atoms with Crippen molar-refractivity contribution in [1.82, 2.24) is 9.88 Å². The van der Waals surface area contributed by atoms with E-state index in [2.05, 4.69) is 60.5 Å². The van der Waals surface area contributed by atoms with Gasteiger partial charge in [-0.15, -0.1) is 11.8 Å². The summed E-state index contributed by atoms with van der Waals surface area (Å²) < 4.78 is 14.6. The van der Waals surface area contributed by atoms with Crippen molar-refractivity contribution >= 4 is 22.7 Å². The number of aromatic nitrogens is 1. The zero-order valence-electron chi connectivity index (χ0n) is 17.1. The third-order valence-electron chi connectivity index (χ3n) is 6.05. The van der Waals surface area contributed by atoms with Crippen molar-refractivity contribution in [3.05, 3.63) is 95.3 Å². The summed E-state index contributed by atoms with van der Waals surface area (Å²) in [6.45, 7) is 4.07. The first kappa shape index (κ1) is 19.3. The number of pyridine rings is 1. The molecule has 2 heterocycles. The van der Waals surface area contributed by atoms with E-state index in [1.807, 2.05) is 18.2 Å². The molecule has 1 aliphatic rings. The van der Waals surface area contributed by atoms with E-state index in [0.717, 1.165) is 40.2 Å². The van der Waals surface area contributed by atoms with Crippen molar-refractivity contribution in [1.29, 1.82) is 0 Å². The molecule has 0 radical (unpaired) electrons. The number of halogens is 1. The molecule has 0 saturated heterocycles. The van der Waals surface area contributed by atoms with Gasteiger partial charge < -0.3 is 0 Å². The van der Waals surface area contributed by atoms with Crippen molar-refractivity contribution in [2.75, 3.05) is 6.26 Å². The molecule has 0 N–H and O–H groups in total. The first-order valence-corrected chi connectivity index (χ1v) is 11.4. The van der Waals surface area contributed by atoms with Crippen molar-refractivity contribution < 1.29 is 4.39 Å². The van der Waals surface area contributed by atoms with Crippen LogP contribution in [0.3, 0.4) is 0 Å². The maximum Gasteiger partial charge on any atom is 0.149 e. The molecular formula is C26H23FN2S. The third kappa shape index (κ3) is 3.30. The summed E-state index contributed by atoms with van der Waals surface area (Å²) in [6.07, 6.45) is 2.07. The van der Waals surface area contributed by atoms with Crippen LogP contribution >= 0.6 is 11.8 Å². The number of benzene rings is 3. The Morgan fingerprint density at radius 3 is 2.37 bits per heavy atom. The van der Waals surface area contributed by atoms with Crippen LogP contribution in [0.1, 0.15) is 29.7 Å². The Labute approximate surface area is 180 Å². The van der Waals surface area contributed by atoms with E-state index in [9.17, 15) is 4.39 Å². The van der Waals surface area contributed by atoms with Gasteiger partial charge in [0.05, 0.1) is 5.69 Å². The summed E-state index contributed by atoms with van der Waals surface area (Å²) in [5.41, 5.74) is 6.28. The van der Waals surface area contributed by atoms with Gasteiger partial charge in [0.1, 0.15) is 11.3 Å². The van der Waals surface area contributed by atoms with Crippen LogP contribution in [0.2, 0.25) is 0 Å². The molecular weight excluding hydrogens is 391 g/mol. The SMILES string of the molecule is CSc1ccccc1-c1nc2c(F)cccc2cc1[C@H](C)N1Cc2ccccc2C1. The summed E-state index contributed by atoms with van der Waals surface area (Å²) in [4.78, 5) is 8.50. The van der Waals surface area contributed by atoms with Crippen LogP contribution in [0.4, 0.5) is 4.39 Å². The Balaban J connectivity index is 1.67. The minimum absolute atomic E-state index is 0.155. The van der Waals surface area contributed by atoms with Gasteiger partial charge in [0.25, 0.3) is 0 Å². The topological polar surface area (TPSA) is 16.1 Å². The molecule has 0 bridgehead atoms. The zero-order valence-corrected chi connectivity index (χ0v) is 17.9. The number of fused-ring (bicyclic) bond motifs is 2. The largest absolute Gasteiger partial charge is 0.288 e. The fourth-order valence-corrected chi connectivity index (χ4v) is 4.98. The van der Waals surface area contributed by atoms with E-state index in [1.54, 1.807) is 17.8 Å². The van der Waals surface area contributed by atoms with E-state index < -0.39 is 0 Å². The first-order valence-electron chi connectivity index (χ1n) is 10.2. The van der Waals surface area contributed by atoms with Crippen molar-refractivity contribution in [2.24, 2.45) is 0 Å². The van der Waals surface area contributed by atoms with Crippen LogP contribution in [0.25, 0.3) is 22.2 Å². The van der Waals surface area contributed by atoms with Gasteiger partial charge in [-0.1, -0.05) is 54.6 Å². The lowest BCUT2D eigenvalue weighted by Gasteiger charge is -2.27. The molecule has 0 saturated carbocycles. The molecule has 1 aliphatic heterocycles. The molecule has 0 spiro atoms. The summed E-state index contributed by atoms with van der Waals surface area (Å²) in [7, 11) is 0. The van der Waals surface area contributed by atoms with E-state index in [4.69, 9.17) is 4.98 Å². The molecule has 150 valence electrons. The van der Waals surface area contributed by atoms with Crippen molar-refractivity contribution in [2.45, 2.75) is 31.0 Å². The van der Waals surface area contributed by atoms with Gasteiger partial charge in [-0.05, 0) is 48.1 Å². The second-order valence-corrected chi connectivity index (χ2v) is 8.64. The lowest BCUT2D eigenvalue weighted by Crippen LogP contribution is -2.21. The Morgan fingerprint density at radius 1 is 0.933 bits per heavy atom. The van der Waals surface area contributed by atoms with Gasteiger partial charge in [-0.25, -0.2) is 9.37 Å². The van der Waals surface area contributed by atoms with Crippen molar-refractivity contribution in [3.63, 3.8) is 0 Å². The molecule has 2 nitrogen and oxygen atoms in total. The van der Waals surface area contributed by atoms with Gasteiger partial charge >= 0.3 is 0 Å². The fourth-order valence-electron chi connectivity index (χ4n) is 4.38. The summed E-state index contributed by atoms with van der Waals surface area (Å²) in [5, 5.41) is 0.846. The molecule has 0 fully saturated rings. The lowest BCUT2D eigenvalue weighted by molar-refractivity contribution is 0.215. The van der Waals surface area contributed by atoms with E-state index >= 15 is 0 Å². The van der Waals surface area contributed by atoms with Gasteiger partial charge in [0, 0.05) is 35.0 Å². The lowest BCUT2D eigenvalue weighted by atomic mass is 9.97. The number of nitrogens with zero attached hydrogens (tertiary/aromatic N) is 2. The molecule has 4 heteroatoms. The first-order chi connectivity index (χ1) is 14.7. The van der Waals surface area contributed by atoms with Crippen LogP contribution in [0.15, 0.2) is 77.7 Å². The highest BCUT2D eigenvalue weighted by molar-refractivity contribution is 7.98. The second-order valence-electron chi connectivity index (χ2n) is 7.79. The third-order valence-corrected chi connectivity index (χ3v) is 6.85. The van der Waals surface area contributed by atoms with E-state index in [1.165, 1.54) is 17.2 Å². The number of thioether (sulfide) groups is 1. The molecule has 1 aromatic heterocycles. The maximum absolute atomic E-state index is 14.6.